The van der Waals surface area contributed by atoms with Crippen LogP contribution in [0.25, 0.3) is 0 Å². The molecule has 1 unspecified atom stereocenters. The van der Waals surface area contributed by atoms with Crippen LogP contribution in [0.15, 0.2) is 18.2 Å². The van der Waals surface area contributed by atoms with Crippen LogP contribution in [0.4, 0.5) is 17.6 Å². The van der Waals surface area contributed by atoms with Crippen molar-refractivity contribution in [3.05, 3.63) is 35.1 Å². The Bertz CT molecular complexity index is 399. The van der Waals surface area contributed by atoms with E-state index >= 15 is 0 Å². The molecule has 0 radical (unpaired) electrons. The molecule has 0 bridgehead atoms. The molecule has 0 amide bonds. The van der Waals surface area contributed by atoms with E-state index < -0.39 is 17.5 Å². The maximum Gasteiger partial charge on any atom is 0.410 e. The summed E-state index contributed by atoms with van der Waals surface area (Å²) in [5, 5.41) is 0. The summed E-state index contributed by atoms with van der Waals surface area (Å²) in [4.78, 5) is 0. The first kappa shape index (κ1) is 10.4. The van der Waals surface area contributed by atoms with Crippen LogP contribution in [0, 0.1) is 5.82 Å². The van der Waals surface area contributed by atoms with Gasteiger partial charge in [0.15, 0.2) is 0 Å². The smallest absolute Gasteiger partial charge is 0.314 e. The minimum Gasteiger partial charge on any atom is -0.314 e. The zero-order valence-electron chi connectivity index (χ0n) is 7.74. The molecule has 5 heteroatoms. The summed E-state index contributed by atoms with van der Waals surface area (Å²) in [6, 6.07) is 3.26. The summed E-state index contributed by atoms with van der Waals surface area (Å²) in [5.41, 5.74) is 3.39. The molecule has 1 aromatic rings. The Hall–Kier alpha value is -1.10. The molecule has 82 valence electrons. The van der Waals surface area contributed by atoms with Crippen LogP contribution in [0.5, 0.6) is 0 Å². The van der Waals surface area contributed by atoms with Gasteiger partial charge in [-0.25, -0.2) is 4.39 Å². The Morgan fingerprint density at radius 1 is 1.27 bits per heavy atom. The van der Waals surface area contributed by atoms with Crippen LogP contribution in [-0.2, 0) is 12.0 Å². The fourth-order valence-corrected chi connectivity index (χ4v) is 1.97. The highest BCUT2D eigenvalue weighted by Gasteiger charge is 2.55. The van der Waals surface area contributed by atoms with Gasteiger partial charge in [-0.1, -0.05) is 6.07 Å². The number of halogens is 4. The molecule has 0 saturated heterocycles. The molecule has 1 nitrogen and oxygen atoms in total. The number of hydrogen-bond acceptors (Lipinski definition) is 1. The van der Waals surface area contributed by atoms with Crippen molar-refractivity contribution in [3.8, 4) is 0 Å². The second-order valence-electron chi connectivity index (χ2n) is 3.77. The van der Waals surface area contributed by atoms with E-state index in [0.29, 0.717) is 5.56 Å². The van der Waals surface area contributed by atoms with E-state index in [9.17, 15) is 17.6 Å². The maximum atomic E-state index is 12.8. The average Bonchev–Trinajstić information content (AvgIpc) is 2.43. The fraction of sp³-hybridized carbons (Fsp3) is 0.400. The van der Waals surface area contributed by atoms with Crippen molar-refractivity contribution in [1.29, 1.82) is 0 Å². The van der Waals surface area contributed by atoms with Gasteiger partial charge < -0.3 is 5.73 Å². The van der Waals surface area contributed by atoms with Crippen LogP contribution >= 0.6 is 0 Å². The Balaban J connectivity index is 2.53. The SMILES string of the molecule is NC1(C(F)(F)F)CCc2cc(F)ccc21. The predicted molar refractivity (Wildman–Crippen MR) is 46.6 cm³/mol. The highest BCUT2D eigenvalue weighted by molar-refractivity contribution is 5.40. The standard InChI is InChI=1S/C10H9F4N/c11-7-1-2-8-6(5-7)3-4-9(8,15)10(12,13)14/h1-2,5H,3-4,15H2. The third-order valence-electron chi connectivity index (χ3n) is 2.84. The molecular formula is C10H9F4N. The number of aryl methyl sites for hydroxylation is 1. The monoisotopic (exact) mass is 219 g/mol. The first-order chi connectivity index (χ1) is 6.84. The molecule has 1 aliphatic carbocycles. The van der Waals surface area contributed by atoms with Gasteiger partial charge in [-0.2, -0.15) is 13.2 Å². The van der Waals surface area contributed by atoms with Crippen molar-refractivity contribution in [3.63, 3.8) is 0 Å². The van der Waals surface area contributed by atoms with Crippen LogP contribution in [0.2, 0.25) is 0 Å². The molecule has 0 fully saturated rings. The zero-order valence-corrected chi connectivity index (χ0v) is 7.74. The summed E-state index contributed by atoms with van der Waals surface area (Å²) in [5.74, 6) is -0.528. The summed E-state index contributed by atoms with van der Waals surface area (Å²) in [6.07, 6.45) is -4.53. The van der Waals surface area contributed by atoms with Crippen molar-refractivity contribution in [1.82, 2.24) is 0 Å². The lowest BCUT2D eigenvalue weighted by molar-refractivity contribution is -0.188. The Morgan fingerprint density at radius 2 is 1.93 bits per heavy atom. The highest BCUT2D eigenvalue weighted by atomic mass is 19.4. The molecule has 15 heavy (non-hydrogen) atoms. The Morgan fingerprint density at radius 3 is 2.53 bits per heavy atom. The number of nitrogens with two attached hydrogens (primary N) is 1. The van der Waals surface area contributed by atoms with Gasteiger partial charge in [0.05, 0.1) is 0 Å². The molecular weight excluding hydrogens is 210 g/mol. The van der Waals surface area contributed by atoms with Crippen LogP contribution < -0.4 is 5.73 Å². The number of rotatable bonds is 0. The topological polar surface area (TPSA) is 26.0 Å². The van der Waals surface area contributed by atoms with Gasteiger partial charge in [-0.15, -0.1) is 0 Å². The first-order valence-corrected chi connectivity index (χ1v) is 4.49. The van der Waals surface area contributed by atoms with Gasteiger partial charge in [-0.3, -0.25) is 0 Å². The minimum atomic E-state index is -4.49. The minimum absolute atomic E-state index is 0.00333. The normalized spacial score (nSPS) is 25.4. The largest absolute Gasteiger partial charge is 0.410 e. The van der Waals surface area contributed by atoms with E-state index in [4.69, 9.17) is 5.73 Å². The van der Waals surface area contributed by atoms with Crippen LogP contribution in [0.1, 0.15) is 17.5 Å². The van der Waals surface area contributed by atoms with Gasteiger partial charge in [0.2, 0.25) is 0 Å². The second-order valence-corrected chi connectivity index (χ2v) is 3.77. The van der Waals surface area contributed by atoms with Gasteiger partial charge in [0, 0.05) is 0 Å². The van der Waals surface area contributed by atoms with Crippen molar-refractivity contribution in [2.45, 2.75) is 24.6 Å². The summed E-state index contributed by atoms with van der Waals surface area (Å²) in [6.45, 7) is 0. The van der Waals surface area contributed by atoms with Gasteiger partial charge in [0.1, 0.15) is 11.4 Å². The molecule has 0 aromatic heterocycles. The number of alkyl halides is 3. The first-order valence-electron chi connectivity index (χ1n) is 4.49. The molecule has 2 N–H and O–H groups in total. The van der Waals surface area contributed by atoms with Crippen molar-refractivity contribution < 1.29 is 17.6 Å². The molecule has 2 rings (SSSR count). The summed E-state index contributed by atoms with van der Waals surface area (Å²) in [7, 11) is 0. The van der Waals surface area contributed by atoms with Gasteiger partial charge >= 0.3 is 6.18 Å². The van der Waals surface area contributed by atoms with Crippen molar-refractivity contribution >= 4 is 0 Å². The van der Waals surface area contributed by atoms with E-state index in [1.807, 2.05) is 0 Å². The third-order valence-corrected chi connectivity index (χ3v) is 2.84. The molecule has 1 aliphatic rings. The Labute approximate surface area is 83.9 Å². The number of fused-ring (bicyclic) bond motifs is 1. The third kappa shape index (κ3) is 1.42. The fourth-order valence-electron chi connectivity index (χ4n) is 1.97. The van der Waals surface area contributed by atoms with Gasteiger partial charge in [-0.05, 0) is 36.1 Å². The predicted octanol–water partition coefficient (Wildman–Crippen LogP) is 2.49. The molecule has 0 aliphatic heterocycles. The van der Waals surface area contributed by atoms with E-state index in [0.717, 1.165) is 18.2 Å². The van der Waals surface area contributed by atoms with E-state index in [1.54, 1.807) is 0 Å². The van der Waals surface area contributed by atoms with Crippen molar-refractivity contribution in [2.24, 2.45) is 5.73 Å². The second kappa shape index (κ2) is 2.95. The zero-order chi connectivity index (χ0) is 11.3. The lowest BCUT2D eigenvalue weighted by Gasteiger charge is -2.28. The molecule has 0 heterocycles. The average molecular weight is 219 g/mol. The van der Waals surface area contributed by atoms with Crippen molar-refractivity contribution in [2.75, 3.05) is 0 Å². The maximum absolute atomic E-state index is 12.8. The highest BCUT2D eigenvalue weighted by Crippen LogP contribution is 2.46. The van der Waals surface area contributed by atoms with Crippen LogP contribution in [-0.4, -0.2) is 6.18 Å². The molecule has 0 saturated carbocycles. The van der Waals surface area contributed by atoms with E-state index in [-0.39, 0.29) is 18.4 Å². The molecule has 1 aromatic carbocycles. The number of hydrogen-bond donors (Lipinski definition) is 1. The lowest BCUT2D eigenvalue weighted by atomic mass is 9.92. The summed E-state index contributed by atoms with van der Waals surface area (Å²) >= 11 is 0. The summed E-state index contributed by atoms with van der Waals surface area (Å²) < 4.78 is 50.9. The van der Waals surface area contributed by atoms with E-state index in [1.165, 1.54) is 0 Å². The molecule has 1 atom stereocenters. The quantitative estimate of drug-likeness (QED) is 0.666. The lowest BCUT2D eigenvalue weighted by Crippen LogP contribution is -2.48. The Kier molecular flexibility index (Phi) is 2.05. The number of benzene rings is 1. The van der Waals surface area contributed by atoms with Crippen LogP contribution in [0.3, 0.4) is 0 Å². The van der Waals surface area contributed by atoms with E-state index in [2.05, 4.69) is 0 Å². The molecule has 0 spiro atoms. The van der Waals surface area contributed by atoms with Gasteiger partial charge in [0.25, 0.3) is 0 Å².